The van der Waals surface area contributed by atoms with Crippen molar-refractivity contribution in [3.63, 3.8) is 0 Å². The maximum Gasteiger partial charge on any atom is 0.227 e. The first-order chi connectivity index (χ1) is 12.2. The van der Waals surface area contributed by atoms with Gasteiger partial charge >= 0.3 is 0 Å². The highest BCUT2D eigenvalue weighted by atomic mass is 16.5. The second kappa shape index (κ2) is 6.55. The summed E-state index contributed by atoms with van der Waals surface area (Å²) in [6.45, 7) is 1.96. The monoisotopic (exact) mass is 333 g/mol. The molecule has 0 unspecified atom stereocenters. The Hall–Kier alpha value is -2.89. The topological polar surface area (TPSA) is 64.9 Å². The number of benzene rings is 1. The van der Waals surface area contributed by atoms with E-state index in [1.54, 1.807) is 13.4 Å². The van der Waals surface area contributed by atoms with Crippen LogP contribution in [0.25, 0.3) is 5.69 Å². The van der Waals surface area contributed by atoms with Crippen LogP contribution < -0.4 is 10.1 Å². The highest BCUT2D eigenvalue weighted by Gasteiger charge is 2.13. The highest BCUT2D eigenvalue weighted by molar-refractivity contribution is 5.62. The number of ether oxygens (including phenoxy) is 1. The summed E-state index contributed by atoms with van der Waals surface area (Å²) < 4.78 is 7.48. The average molecular weight is 333 g/mol. The van der Waals surface area contributed by atoms with Gasteiger partial charge in [0.1, 0.15) is 5.75 Å². The second-order valence-corrected chi connectivity index (χ2v) is 6.03. The lowest BCUT2D eigenvalue weighted by atomic mass is 9.98. The zero-order chi connectivity index (χ0) is 17.2. The van der Waals surface area contributed by atoms with Crippen molar-refractivity contribution in [1.29, 1.82) is 0 Å². The van der Waals surface area contributed by atoms with Gasteiger partial charge in [-0.25, -0.2) is 15.0 Å². The van der Waals surface area contributed by atoms with Crippen molar-refractivity contribution in [2.75, 3.05) is 12.4 Å². The van der Waals surface area contributed by atoms with Crippen LogP contribution in [0.1, 0.15) is 29.8 Å². The van der Waals surface area contributed by atoms with Gasteiger partial charge < -0.3 is 14.6 Å². The van der Waals surface area contributed by atoms with E-state index in [0.29, 0.717) is 5.95 Å². The smallest absolute Gasteiger partial charge is 0.227 e. The second-order valence-electron chi connectivity index (χ2n) is 6.03. The molecule has 1 aromatic carbocycles. The van der Waals surface area contributed by atoms with E-state index in [1.165, 1.54) is 5.56 Å². The molecule has 2 heterocycles. The Morgan fingerprint density at radius 2 is 2.20 bits per heavy atom. The quantitative estimate of drug-likeness (QED) is 0.792. The van der Waals surface area contributed by atoms with Crippen molar-refractivity contribution in [3.8, 4) is 11.4 Å². The van der Waals surface area contributed by atoms with Crippen LogP contribution in [0.5, 0.6) is 5.75 Å². The Bertz CT molecular complexity index is 903. The molecule has 126 valence electrons. The Kier molecular flexibility index (Phi) is 4.09. The van der Waals surface area contributed by atoms with E-state index in [1.807, 2.05) is 42.1 Å². The van der Waals surface area contributed by atoms with Crippen LogP contribution in [-0.2, 0) is 6.42 Å². The number of fused-ring (bicyclic) bond motifs is 1. The van der Waals surface area contributed by atoms with E-state index < -0.39 is 0 Å². The zero-order valence-corrected chi connectivity index (χ0v) is 14.3. The molecule has 0 saturated carbocycles. The number of nitrogens with one attached hydrogen (secondary N) is 1. The molecule has 2 radical (unpaired) electrons. The zero-order valence-electron chi connectivity index (χ0n) is 14.3. The summed E-state index contributed by atoms with van der Waals surface area (Å²) in [4.78, 5) is 13.2. The largest absolute Gasteiger partial charge is 0.494 e. The first-order valence-electron chi connectivity index (χ1n) is 8.29. The predicted octanol–water partition coefficient (Wildman–Crippen LogP) is 3.49. The molecule has 4 rings (SSSR count). The van der Waals surface area contributed by atoms with Crippen molar-refractivity contribution in [1.82, 2.24) is 19.5 Å². The van der Waals surface area contributed by atoms with Gasteiger partial charge in [0.15, 0.2) is 0 Å². The lowest BCUT2D eigenvalue weighted by molar-refractivity contribution is 0.413. The van der Waals surface area contributed by atoms with Crippen LogP contribution in [-0.4, -0.2) is 26.6 Å². The van der Waals surface area contributed by atoms with Crippen LogP contribution >= 0.6 is 0 Å². The molecule has 0 fully saturated rings. The van der Waals surface area contributed by atoms with Crippen molar-refractivity contribution in [2.24, 2.45) is 0 Å². The first kappa shape index (κ1) is 15.6. The van der Waals surface area contributed by atoms with Crippen molar-refractivity contribution in [3.05, 3.63) is 60.3 Å². The molecule has 25 heavy (non-hydrogen) atoms. The number of aryl methyl sites for hydroxylation is 2. The minimum Gasteiger partial charge on any atom is -0.494 e. The molecule has 0 amide bonds. The number of hydrogen-bond donors (Lipinski definition) is 1. The Balaban J connectivity index is 1.61. The molecule has 6 heteroatoms. The van der Waals surface area contributed by atoms with E-state index in [0.717, 1.165) is 47.8 Å². The van der Waals surface area contributed by atoms with Gasteiger partial charge in [0.25, 0.3) is 0 Å². The Morgan fingerprint density at radius 3 is 3.00 bits per heavy atom. The van der Waals surface area contributed by atoms with E-state index >= 15 is 0 Å². The van der Waals surface area contributed by atoms with Gasteiger partial charge in [-0.2, -0.15) is 0 Å². The number of anilines is 2. The third-order valence-corrected chi connectivity index (χ3v) is 4.21. The molecule has 1 N–H and O–H groups in total. The lowest BCUT2D eigenvalue weighted by Gasteiger charge is -2.15. The highest BCUT2D eigenvalue weighted by Crippen LogP contribution is 2.28. The van der Waals surface area contributed by atoms with Crippen LogP contribution in [0.3, 0.4) is 0 Å². The van der Waals surface area contributed by atoms with Gasteiger partial charge in [-0.1, -0.05) is 0 Å². The summed E-state index contributed by atoms with van der Waals surface area (Å²) in [5, 5.41) is 3.25. The van der Waals surface area contributed by atoms with E-state index in [2.05, 4.69) is 26.7 Å². The number of rotatable bonds is 4. The molecule has 2 aromatic heterocycles. The predicted molar refractivity (Wildman–Crippen MR) is 95.5 cm³/mol. The third kappa shape index (κ3) is 3.20. The van der Waals surface area contributed by atoms with Crippen LogP contribution in [0.2, 0.25) is 0 Å². The third-order valence-electron chi connectivity index (χ3n) is 4.21. The molecule has 1 aliphatic rings. The molecule has 0 saturated heterocycles. The van der Waals surface area contributed by atoms with Crippen molar-refractivity contribution < 1.29 is 4.74 Å². The van der Waals surface area contributed by atoms with Crippen LogP contribution in [0.15, 0.2) is 36.9 Å². The van der Waals surface area contributed by atoms with Crippen LogP contribution in [0, 0.1) is 13.3 Å². The number of methoxy groups -OCH3 is 1. The fourth-order valence-electron chi connectivity index (χ4n) is 2.94. The van der Waals surface area contributed by atoms with Crippen LogP contribution in [0.4, 0.5) is 11.6 Å². The van der Waals surface area contributed by atoms with Gasteiger partial charge in [0.05, 0.1) is 30.5 Å². The Labute approximate surface area is 146 Å². The van der Waals surface area contributed by atoms with E-state index in [4.69, 9.17) is 4.74 Å². The summed E-state index contributed by atoms with van der Waals surface area (Å²) in [6, 6.07) is 5.89. The SMILES string of the molecule is COc1cc(Nc2ncc3c(n2)[C]CCC3)ccc1-n1cnc(C)c1. The standard InChI is InChI=1S/C19H19N5O/c1-13-11-24(12-21-13)17-8-7-15(9-18(17)25-2)22-19-20-10-14-5-3-4-6-16(14)23-19/h7-12H,3-5H2,1-2H3,(H,20,22,23). The molecule has 1 aliphatic carbocycles. The summed E-state index contributed by atoms with van der Waals surface area (Å²) in [6.07, 6.45) is 12.0. The van der Waals surface area contributed by atoms with Gasteiger partial charge in [-0.05, 0) is 43.9 Å². The Morgan fingerprint density at radius 1 is 1.28 bits per heavy atom. The number of imidazole rings is 1. The molecule has 3 aromatic rings. The summed E-state index contributed by atoms with van der Waals surface area (Å²) in [7, 11) is 1.66. The summed E-state index contributed by atoms with van der Waals surface area (Å²) in [5.41, 5.74) is 4.84. The fourth-order valence-corrected chi connectivity index (χ4v) is 2.94. The van der Waals surface area contributed by atoms with Gasteiger partial charge in [0, 0.05) is 30.6 Å². The molecule has 0 spiro atoms. The molecule has 0 bridgehead atoms. The van der Waals surface area contributed by atoms with E-state index in [-0.39, 0.29) is 0 Å². The minimum absolute atomic E-state index is 0.571. The minimum atomic E-state index is 0.571. The average Bonchev–Trinajstić information content (AvgIpc) is 3.07. The first-order valence-corrected chi connectivity index (χ1v) is 8.29. The van der Waals surface area contributed by atoms with E-state index in [9.17, 15) is 0 Å². The lowest BCUT2D eigenvalue weighted by Crippen LogP contribution is -2.07. The summed E-state index contributed by atoms with van der Waals surface area (Å²) >= 11 is 0. The number of aromatic nitrogens is 4. The van der Waals surface area contributed by atoms with Gasteiger partial charge in [-0.15, -0.1) is 0 Å². The molecule has 6 nitrogen and oxygen atoms in total. The summed E-state index contributed by atoms with van der Waals surface area (Å²) in [5.74, 6) is 1.32. The van der Waals surface area contributed by atoms with Gasteiger partial charge in [0.2, 0.25) is 5.95 Å². The molecular weight excluding hydrogens is 314 g/mol. The number of hydrogen-bond acceptors (Lipinski definition) is 5. The molecule has 0 aliphatic heterocycles. The maximum absolute atomic E-state index is 5.54. The van der Waals surface area contributed by atoms with Crippen molar-refractivity contribution in [2.45, 2.75) is 26.2 Å². The molecule has 0 atom stereocenters. The normalized spacial score (nSPS) is 13.4. The number of nitrogens with zero attached hydrogens (tertiary/aromatic N) is 4. The van der Waals surface area contributed by atoms with Gasteiger partial charge in [-0.3, -0.25) is 0 Å². The maximum atomic E-state index is 5.54. The van der Waals surface area contributed by atoms with Crippen molar-refractivity contribution >= 4 is 11.6 Å². The molecular formula is C19H19N5O. The fraction of sp³-hybridized carbons (Fsp3) is 0.263.